The minimum atomic E-state index is 0.180. The summed E-state index contributed by atoms with van der Waals surface area (Å²) in [7, 11) is 0. The molecule has 2 heterocycles. The van der Waals surface area contributed by atoms with Crippen molar-refractivity contribution in [3.05, 3.63) is 11.5 Å². The van der Waals surface area contributed by atoms with Gasteiger partial charge in [0, 0.05) is 13.2 Å². The summed E-state index contributed by atoms with van der Waals surface area (Å²) < 4.78 is 0. The standard InChI is InChI=1S/C10H14ClN5O/c1-6(2-3-17)4-12-8-7-5-13-16-9(7)15-10(11)14-8/h5-6,17H,2-4H2,1H3,(H2,12,13,14,15,16). The van der Waals surface area contributed by atoms with Crippen molar-refractivity contribution in [3.8, 4) is 0 Å². The van der Waals surface area contributed by atoms with Gasteiger partial charge in [-0.05, 0) is 23.9 Å². The maximum atomic E-state index is 8.83. The summed E-state index contributed by atoms with van der Waals surface area (Å²) in [4.78, 5) is 8.14. The summed E-state index contributed by atoms with van der Waals surface area (Å²) in [5, 5.41) is 19.7. The SMILES string of the molecule is CC(CCO)CNc1nc(Cl)nc2[nH]ncc12. The number of halogens is 1. The molecule has 3 N–H and O–H groups in total. The van der Waals surface area contributed by atoms with E-state index < -0.39 is 0 Å². The van der Waals surface area contributed by atoms with Crippen molar-refractivity contribution in [3.63, 3.8) is 0 Å². The molecule has 2 rings (SSSR count). The lowest BCUT2D eigenvalue weighted by Crippen LogP contribution is -2.13. The molecular formula is C10H14ClN5O. The van der Waals surface area contributed by atoms with Crippen LogP contribution in [0.3, 0.4) is 0 Å². The molecule has 0 spiro atoms. The zero-order valence-corrected chi connectivity index (χ0v) is 10.2. The normalized spacial score (nSPS) is 12.9. The number of fused-ring (bicyclic) bond motifs is 1. The second-order valence-electron chi connectivity index (χ2n) is 3.97. The Morgan fingerprint density at radius 3 is 3.12 bits per heavy atom. The number of aliphatic hydroxyl groups is 1. The Morgan fingerprint density at radius 2 is 2.35 bits per heavy atom. The molecule has 1 unspecified atom stereocenters. The van der Waals surface area contributed by atoms with Gasteiger partial charge in [0.05, 0.1) is 11.6 Å². The van der Waals surface area contributed by atoms with Crippen molar-refractivity contribution in [2.45, 2.75) is 13.3 Å². The van der Waals surface area contributed by atoms with E-state index in [-0.39, 0.29) is 11.9 Å². The summed E-state index contributed by atoms with van der Waals surface area (Å²) in [6.45, 7) is 2.96. The lowest BCUT2D eigenvalue weighted by molar-refractivity contribution is 0.266. The number of aliphatic hydroxyl groups excluding tert-OH is 1. The second kappa shape index (κ2) is 5.29. The Morgan fingerprint density at radius 1 is 1.53 bits per heavy atom. The number of hydrogen-bond donors (Lipinski definition) is 3. The van der Waals surface area contributed by atoms with Crippen molar-refractivity contribution < 1.29 is 5.11 Å². The Hall–Kier alpha value is -1.40. The highest BCUT2D eigenvalue weighted by Crippen LogP contribution is 2.20. The van der Waals surface area contributed by atoms with Crippen LogP contribution in [0.25, 0.3) is 11.0 Å². The maximum absolute atomic E-state index is 8.83. The summed E-state index contributed by atoms with van der Waals surface area (Å²) in [6, 6.07) is 0. The number of nitrogens with zero attached hydrogens (tertiary/aromatic N) is 3. The summed E-state index contributed by atoms with van der Waals surface area (Å²) in [5.41, 5.74) is 0.613. The van der Waals surface area contributed by atoms with Gasteiger partial charge in [-0.15, -0.1) is 0 Å². The molecule has 0 aliphatic carbocycles. The molecule has 0 bridgehead atoms. The average molecular weight is 256 g/mol. The molecule has 6 nitrogen and oxygen atoms in total. The third kappa shape index (κ3) is 2.83. The highest BCUT2D eigenvalue weighted by atomic mass is 35.5. The summed E-state index contributed by atoms with van der Waals surface area (Å²) in [6.07, 6.45) is 2.41. The first-order valence-electron chi connectivity index (χ1n) is 5.42. The monoisotopic (exact) mass is 255 g/mol. The quantitative estimate of drug-likeness (QED) is 0.704. The second-order valence-corrected chi connectivity index (χ2v) is 4.31. The van der Waals surface area contributed by atoms with Gasteiger partial charge in [-0.3, -0.25) is 5.10 Å². The predicted molar refractivity (Wildman–Crippen MR) is 66.1 cm³/mol. The van der Waals surface area contributed by atoms with E-state index in [9.17, 15) is 0 Å². The minimum Gasteiger partial charge on any atom is -0.396 e. The fourth-order valence-electron chi connectivity index (χ4n) is 1.54. The molecule has 2 aromatic rings. The molecule has 17 heavy (non-hydrogen) atoms. The first kappa shape index (κ1) is 12.1. The van der Waals surface area contributed by atoms with Crippen molar-refractivity contribution >= 4 is 28.5 Å². The number of H-pyrrole nitrogens is 1. The lowest BCUT2D eigenvalue weighted by Gasteiger charge is -2.11. The van der Waals surface area contributed by atoms with Crippen LogP contribution in [0.15, 0.2) is 6.20 Å². The fourth-order valence-corrected chi connectivity index (χ4v) is 1.70. The van der Waals surface area contributed by atoms with Crippen LogP contribution in [-0.2, 0) is 0 Å². The van der Waals surface area contributed by atoms with Crippen LogP contribution < -0.4 is 5.32 Å². The van der Waals surface area contributed by atoms with Crippen LogP contribution in [0.1, 0.15) is 13.3 Å². The van der Waals surface area contributed by atoms with Gasteiger partial charge in [0.2, 0.25) is 5.28 Å². The molecule has 0 radical (unpaired) electrons. The number of nitrogens with one attached hydrogen (secondary N) is 2. The fraction of sp³-hybridized carbons (Fsp3) is 0.500. The van der Waals surface area contributed by atoms with Crippen LogP contribution in [0.2, 0.25) is 5.28 Å². The topological polar surface area (TPSA) is 86.7 Å². The molecule has 0 aliphatic heterocycles. The largest absolute Gasteiger partial charge is 0.396 e. The van der Waals surface area contributed by atoms with Gasteiger partial charge in [-0.2, -0.15) is 15.1 Å². The minimum absolute atomic E-state index is 0.180. The van der Waals surface area contributed by atoms with Crippen molar-refractivity contribution in [2.75, 3.05) is 18.5 Å². The average Bonchev–Trinajstić information content (AvgIpc) is 2.74. The van der Waals surface area contributed by atoms with Gasteiger partial charge >= 0.3 is 0 Å². The molecule has 7 heteroatoms. The third-order valence-electron chi connectivity index (χ3n) is 2.52. The summed E-state index contributed by atoms with van der Waals surface area (Å²) in [5.74, 6) is 1.02. The molecule has 0 saturated carbocycles. The van der Waals surface area contributed by atoms with E-state index >= 15 is 0 Å². The zero-order chi connectivity index (χ0) is 12.3. The molecule has 2 aromatic heterocycles. The number of anilines is 1. The zero-order valence-electron chi connectivity index (χ0n) is 9.44. The van der Waals surface area contributed by atoms with Crippen LogP contribution >= 0.6 is 11.6 Å². The molecule has 0 saturated heterocycles. The molecule has 1 atom stereocenters. The highest BCUT2D eigenvalue weighted by Gasteiger charge is 2.09. The molecule has 0 aromatic carbocycles. The van der Waals surface area contributed by atoms with Gasteiger partial charge in [-0.1, -0.05) is 6.92 Å². The van der Waals surface area contributed by atoms with Gasteiger partial charge < -0.3 is 10.4 Å². The number of hydrogen-bond acceptors (Lipinski definition) is 5. The van der Waals surface area contributed by atoms with Crippen LogP contribution in [0.4, 0.5) is 5.82 Å². The lowest BCUT2D eigenvalue weighted by atomic mass is 10.1. The van der Waals surface area contributed by atoms with Gasteiger partial charge in [-0.25, -0.2) is 0 Å². The Labute approximate surface area is 103 Å². The van der Waals surface area contributed by atoms with Crippen molar-refractivity contribution in [2.24, 2.45) is 5.92 Å². The first-order valence-corrected chi connectivity index (χ1v) is 5.80. The van der Waals surface area contributed by atoms with E-state index in [1.54, 1.807) is 6.20 Å². The molecule has 0 aliphatic rings. The predicted octanol–water partition coefficient (Wildman–Crippen LogP) is 1.44. The Balaban J connectivity index is 2.14. The molecule has 0 amide bonds. The van der Waals surface area contributed by atoms with Crippen LogP contribution in [0.5, 0.6) is 0 Å². The van der Waals surface area contributed by atoms with Gasteiger partial charge in [0.15, 0.2) is 5.65 Å². The third-order valence-corrected chi connectivity index (χ3v) is 2.69. The number of rotatable bonds is 5. The van der Waals surface area contributed by atoms with Gasteiger partial charge in [0.25, 0.3) is 0 Å². The van der Waals surface area contributed by atoms with E-state index in [4.69, 9.17) is 16.7 Å². The van der Waals surface area contributed by atoms with E-state index in [0.29, 0.717) is 23.9 Å². The number of aromatic nitrogens is 4. The molecular weight excluding hydrogens is 242 g/mol. The first-order chi connectivity index (χ1) is 8.20. The molecule has 92 valence electrons. The number of aromatic amines is 1. The van der Waals surface area contributed by atoms with Crippen LogP contribution in [-0.4, -0.2) is 38.4 Å². The van der Waals surface area contributed by atoms with Crippen molar-refractivity contribution in [1.82, 2.24) is 20.2 Å². The molecule has 0 fully saturated rings. The van der Waals surface area contributed by atoms with E-state index in [1.165, 1.54) is 0 Å². The smallest absolute Gasteiger partial charge is 0.226 e. The van der Waals surface area contributed by atoms with Crippen molar-refractivity contribution in [1.29, 1.82) is 0 Å². The van der Waals surface area contributed by atoms with E-state index in [0.717, 1.165) is 11.8 Å². The summed E-state index contributed by atoms with van der Waals surface area (Å²) >= 11 is 5.81. The Bertz CT molecular complexity index is 500. The van der Waals surface area contributed by atoms with E-state index in [2.05, 4.69) is 32.4 Å². The Kier molecular flexibility index (Phi) is 3.75. The van der Waals surface area contributed by atoms with Crippen LogP contribution in [0, 0.1) is 5.92 Å². The highest BCUT2D eigenvalue weighted by molar-refractivity contribution is 6.28. The maximum Gasteiger partial charge on any atom is 0.226 e. The van der Waals surface area contributed by atoms with E-state index in [1.807, 2.05) is 0 Å². The van der Waals surface area contributed by atoms with Gasteiger partial charge in [0.1, 0.15) is 5.82 Å².